The molecule has 1 unspecified atom stereocenters. The van der Waals surface area contributed by atoms with Crippen LogP contribution in [-0.2, 0) is 9.84 Å². The van der Waals surface area contributed by atoms with Gasteiger partial charge in [-0.25, -0.2) is 13.2 Å². The molecule has 0 aromatic heterocycles. The van der Waals surface area contributed by atoms with Gasteiger partial charge in [0.25, 0.3) is 0 Å². The zero-order chi connectivity index (χ0) is 14.0. The predicted molar refractivity (Wildman–Crippen MR) is 75.3 cm³/mol. The van der Waals surface area contributed by atoms with Gasteiger partial charge in [-0.1, -0.05) is 11.6 Å². The number of anilines is 1. The largest absolute Gasteiger partial charge is 0.323 e. The first-order valence-electron chi connectivity index (χ1n) is 5.86. The zero-order valence-corrected chi connectivity index (χ0v) is 12.0. The Kier molecular flexibility index (Phi) is 4.01. The minimum Gasteiger partial charge on any atom is -0.323 e. The van der Waals surface area contributed by atoms with Crippen LogP contribution in [0.4, 0.5) is 10.5 Å². The normalized spacial score (nSPS) is 19.5. The molecule has 1 aromatic rings. The van der Waals surface area contributed by atoms with Gasteiger partial charge >= 0.3 is 6.03 Å². The van der Waals surface area contributed by atoms with E-state index in [1.807, 2.05) is 0 Å². The second kappa shape index (κ2) is 5.38. The van der Waals surface area contributed by atoms with Crippen molar-refractivity contribution in [1.82, 2.24) is 4.90 Å². The van der Waals surface area contributed by atoms with Crippen molar-refractivity contribution >= 4 is 33.2 Å². The number of urea groups is 1. The SMILES string of the molecule is CS(=O)(=O)C1CCN(C(=O)Nc2ccc(Cl)cc2)C1. The first-order valence-corrected chi connectivity index (χ1v) is 8.20. The van der Waals surface area contributed by atoms with Crippen LogP contribution in [0.25, 0.3) is 0 Å². The molecule has 1 aliphatic rings. The molecule has 0 aliphatic carbocycles. The Bertz CT molecular complexity index is 571. The molecule has 1 saturated heterocycles. The van der Waals surface area contributed by atoms with Gasteiger partial charge in [-0.2, -0.15) is 0 Å². The summed E-state index contributed by atoms with van der Waals surface area (Å²) in [5, 5.41) is 2.86. The molecule has 1 aromatic carbocycles. The highest BCUT2D eigenvalue weighted by molar-refractivity contribution is 7.91. The number of carbonyl (C=O) groups is 1. The number of sulfone groups is 1. The van der Waals surface area contributed by atoms with E-state index in [0.717, 1.165) is 0 Å². The fraction of sp³-hybridized carbons (Fsp3) is 0.417. The molecule has 2 rings (SSSR count). The number of halogens is 1. The summed E-state index contributed by atoms with van der Waals surface area (Å²) in [5.41, 5.74) is 0.636. The van der Waals surface area contributed by atoms with Crippen molar-refractivity contribution in [3.8, 4) is 0 Å². The molecule has 1 atom stereocenters. The second-order valence-electron chi connectivity index (χ2n) is 4.62. The maximum Gasteiger partial charge on any atom is 0.321 e. The van der Waals surface area contributed by atoms with Gasteiger partial charge in [0, 0.05) is 30.1 Å². The van der Waals surface area contributed by atoms with E-state index >= 15 is 0 Å². The highest BCUT2D eigenvalue weighted by atomic mass is 35.5. The molecule has 1 fully saturated rings. The second-order valence-corrected chi connectivity index (χ2v) is 7.39. The van der Waals surface area contributed by atoms with Gasteiger partial charge in [0.15, 0.2) is 9.84 Å². The summed E-state index contributed by atoms with van der Waals surface area (Å²) in [6.07, 6.45) is 1.70. The molecule has 1 aliphatic heterocycles. The predicted octanol–water partition coefficient (Wildman–Crippen LogP) is 1.99. The Morgan fingerprint density at radius 2 is 2.00 bits per heavy atom. The van der Waals surface area contributed by atoms with Crippen molar-refractivity contribution in [1.29, 1.82) is 0 Å². The quantitative estimate of drug-likeness (QED) is 0.908. The molecule has 1 N–H and O–H groups in total. The molecule has 5 nitrogen and oxygen atoms in total. The molecular weight excluding hydrogens is 288 g/mol. The third-order valence-electron chi connectivity index (χ3n) is 3.13. The fourth-order valence-corrected chi connectivity index (χ4v) is 3.11. The van der Waals surface area contributed by atoms with E-state index < -0.39 is 15.1 Å². The summed E-state index contributed by atoms with van der Waals surface area (Å²) < 4.78 is 22.8. The lowest BCUT2D eigenvalue weighted by molar-refractivity contribution is 0.222. The van der Waals surface area contributed by atoms with Crippen molar-refractivity contribution in [2.24, 2.45) is 0 Å². The maximum absolute atomic E-state index is 12.0. The van der Waals surface area contributed by atoms with Crippen molar-refractivity contribution in [3.63, 3.8) is 0 Å². The summed E-state index contributed by atoms with van der Waals surface area (Å²) >= 11 is 5.75. The lowest BCUT2D eigenvalue weighted by Gasteiger charge is -2.17. The number of hydrogen-bond donors (Lipinski definition) is 1. The summed E-state index contributed by atoms with van der Waals surface area (Å²) in [4.78, 5) is 13.5. The van der Waals surface area contributed by atoms with Crippen molar-refractivity contribution < 1.29 is 13.2 Å². The first kappa shape index (κ1) is 14.1. The van der Waals surface area contributed by atoms with E-state index in [0.29, 0.717) is 23.7 Å². The number of amides is 2. The highest BCUT2D eigenvalue weighted by Gasteiger charge is 2.32. The van der Waals surface area contributed by atoms with Crippen LogP contribution in [0.3, 0.4) is 0 Å². The van der Waals surface area contributed by atoms with Crippen LogP contribution in [0.5, 0.6) is 0 Å². The number of rotatable bonds is 2. The fourth-order valence-electron chi connectivity index (χ4n) is 2.00. The van der Waals surface area contributed by atoms with Gasteiger partial charge in [-0.3, -0.25) is 0 Å². The van der Waals surface area contributed by atoms with E-state index in [9.17, 15) is 13.2 Å². The standard InChI is InChI=1S/C12H15ClN2O3S/c1-19(17,18)11-6-7-15(8-11)12(16)14-10-4-2-9(13)3-5-10/h2-5,11H,6-8H2,1H3,(H,14,16). The van der Waals surface area contributed by atoms with Crippen LogP contribution in [-0.4, -0.2) is 43.9 Å². The monoisotopic (exact) mass is 302 g/mol. The smallest absolute Gasteiger partial charge is 0.321 e. The molecular formula is C12H15ClN2O3S. The summed E-state index contributed by atoms with van der Waals surface area (Å²) in [6, 6.07) is 6.48. The average Bonchev–Trinajstić information content (AvgIpc) is 2.81. The van der Waals surface area contributed by atoms with E-state index in [2.05, 4.69) is 5.32 Å². The zero-order valence-electron chi connectivity index (χ0n) is 10.5. The van der Waals surface area contributed by atoms with Gasteiger partial charge in [-0.15, -0.1) is 0 Å². The number of benzene rings is 1. The van der Waals surface area contributed by atoms with Crippen molar-refractivity contribution in [3.05, 3.63) is 29.3 Å². The van der Waals surface area contributed by atoms with Crippen molar-refractivity contribution in [2.75, 3.05) is 24.7 Å². The Morgan fingerprint density at radius 3 is 2.53 bits per heavy atom. The van der Waals surface area contributed by atoms with Crippen LogP contribution in [0, 0.1) is 0 Å². The van der Waals surface area contributed by atoms with Crippen LogP contribution in [0.15, 0.2) is 24.3 Å². The lowest BCUT2D eigenvalue weighted by atomic mass is 10.3. The van der Waals surface area contributed by atoms with Crippen LogP contribution < -0.4 is 5.32 Å². The lowest BCUT2D eigenvalue weighted by Crippen LogP contribution is -2.34. The Balaban J connectivity index is 1.97. The number of carbonyl (C=O) groups excluding carboxylic acids is 1. The molecule has 0 saturated carbocycles. The molecule has 19 heavy (non-hydrogen) atoms. The van der Waals surface area contributed by atoms with Crippen LogP contribution >= 0.6 is 11.6 Å². The van der Waals surface area contributed by atoms with Gasteiger partial charge in [-0.05, 0) is 30.7 Å². The Hall–Kier alpha value is -1.27. The van der Waals surface area contributed by atoms with Gasteiger partial charge in [0.1, 0.15) is 0 Å². The van der Waals surface area contributed by atoms with Gasteiger partial charge in [0.05, 0.1) is 5.25 Å². The van der Waals surface area contributed by atoms with E-state index in [1.54, 1.807) is 24.3 Å². The third-order valence-corrected chi connectivity index (χ3v) is 4.98. The number of nitrogens with one attached hydrogen (secondary N) is 1. The maximum atomic E-state index is 12.0. The Labute approximate surface area is 117 Å². The highest BCUT2D eigenvalue weighted by Crippen LogP contribution is 2.18. The Morgan fingerprint density at radius 1 is 1.37 bits per heavy atom. The first-order chi connectivity index (χ1) is 8.86. The summed E-state index contributed by atoms with van der Waals surface area (Å²) in [6.45, 7) is 0.704. The van der Waals surface area contributed by atoms with Crippen LogP contribution in [0.2, 0.25) is 5.02 Å². The number of hydrogen-bond acceptors (Lipinski definition) is 3. The molecule has 0 bridgehead atoms. The van der Waals surface area contributed by atoms with Gasteiger partial charge in [0.2, 0.25) is 0 Å². The summed E-state index contributed by atoms with van der Waals surface area (Å²) in [5.74, 6) is 0. The van der Waals surface area contributed by atoms with Gasteiger partial charge < -0.3 is 10.2 Å². The minimum absolute atomic E-state index is 0.248. The minimum atomic E-state index is -3.09. The van der Waals surface area contributed by atoms with E-state index in [1.165, 1.54) is 11.2 Å². The van der Waals surface area contributed by atoms with E-state index in [4.69, 9.17) is 11.6 Å². The molecule has 7 heteroatoms. The topological polar surface area (TPSA) is 66.5 Å². The number of likely N-dealkylation sites (tertiary alicyclic amines) is 1. The molecule has 2 amide bonds. The number of nitrogens with zero attached hydrogens (tertiary/aromatic N) is 1. The molecule has 1 heterocycles. The molecule has 104 valence electrons. The third kappa shape index (κ3) is 3.61. The van der Waals surface area contributed by atoms with Crippen LogP contribution in [0.1, 0.15) is 6.42 Å². The van der Waals surface area contributed by atoms with Crippen molar-refractivity contribution in [2.45, 2.75) is 11.7 Å². The van der Waals surface area contributed by atoms with E-state index in [-0.39, 0.29) is 12.6 Å². The molecule has 0 radical (unpaired) electrons. The average molecular weight is 303 g/mol. The molecule has 0 spiro atoms. The summed E-state index contributed by atoms with van der Waals surface area (Å²) in [7, 11) is -3.09.